The standard InChI is InChI=1S/C13H11N3O4S/c1-6-9-11(17)15-8(5-7-3-4-14-20-7)16-12(9)21-10(6)13(18)19-2/h3-4H,5H2,1-2H3,(H,15,16,17). The molecule has 0 radical (unpaired) electrons. The van der Waals surface area contributed by atoms with Gasteiger partial charge in [-0.1, -0.05) is 5.16 Å². The van der Waals surface area contributed by atoms with Crippen molar-refractivity contribution in [2.24, 2.45) is 0 Å². The van der Waals surface area contributed by atoms with E-state index in [0.717, 1.165) is 11.3 Å². The number of thiophene rings is 1. The van der Waals surface area contributed by atoms with Crippen LogP contribution >= 0.6 is 11.3 Å². The largest absolute Gasteiger partial charge is 0.465 e. The fraction of sp³-hybridized carbons (Fsp3) is 0.231. The maximum absolute atomic E-state index is 12.2. The number of esters is 1. The van der Waals surface area contributed by atoms with Crippen LogP contribution < -0.4 is 5.56 Å². The van der Waals surface area contributed by atoms with Crippen molar-refractivity contribution < 1.29 is 14.1 Å². The molecular weight excluding hydrogens is 294 g/mol. The number of nitrogens with one attached hydrogen (secondary N) is 1. The highest BCUT2D eigenvalue weighted by Gasteiger charge is 2.19. The van der Waals surface area contributed by atoms with Gasteiger partial charge in [-0.2, -0.15) is 0 Å². The van der Waals surface area contributed by atoms with E-state index in [4.69, 9.17) is 9.26 Å². The van der Waals surface area contributed by atoms with E-state index in [1.165, 1.54) is 13.3 Å². The zero-order valence-electron chi connectivity index (χ0n) is 11.3. The summed E-state index contributed by atoms with van der Waals surface area (Å²) < 4.78 is 9.70. The Morgan fingerprint density at radius 1 is 1.52 bits per heavy atom. The first-order chi connectivity index (χ1) is 10.1. The molecule has 0 aliphatic heterocycles. The van der Waals surface area contributed by atoms with Gasteiger partial charge in [-0.15, -0.1) is 11.3 Å². The Morgan fingerprint density at radius 2 is 2.33 bits per heavy atom. The van der Waals surface area contributed by atoms with Crippen molar-refractivity contribution in [3.05, 3.63) is 44.6 Å². The second-order valence-corrected chi connectivity index (χ2v) is 5.40. The van der Waals surface area contributed by atoms with E-state index >= 15 is 0 Å². The van der Waals surface area contributed by atoms with Crippen molar-refractivity contribution in [1.29, 1.82) is 0 Å². The molecule has 0 saturated carbocycles. The molecule has 3 aromatic heterocycles. The molecule has 0 atom stereocenters. The van der Waals surface area contributed by atoms with Gasteiger partial charge in [0.15, 0.2) is 0 Å². The second kappa shape index (κ2) is 5.13. The van der Waals surface area contributed by atoms with Crippen molar-refractivity contribution in [3.63, 3.8) is 0 Å². The number of aromatic nitrogens is 3. The van der Waals surface area contributed by atoms with Crippen LogP contribution in [-0.2, 0) is 11.2 Å². The molecule has 0 aliphatic carbocycles. The maximum atomic E-state index is 12.2. The number of methoxy groups -OCH3 is 1. The van der Waals surface area contributed by atoms with Crippen LogP contribution in [0.1, 0.15) is 26.8 Å². The third kappa shape index (κ3) is 2.33. The van der Waals surface area contributed by atoms with Gasteiger partial charge >= 0.3 is 5.97 Å². The molecule has 0 unspecified atom stereocenters. The van der Waals surface area contributed by atoms with Gasteiger partial charge in [0.2, 0.25) is 0 Å². The molecule has 21 heavy (non-hydrogen) atoms. The molecule has 3 heterocycles. The lowest BCUT2D eigenvalue weighted by atomic mass is 10.2. The molecule has 0 saturated heterocycles. The van der Waals surface area contributed by atoms with Gasteiger partial charge in [0.25, 0.3) is 5.56 Å². The number of fused-ring (bicyclic) bond motifs is 1. The number of carbonyl (C=O) groups excluding carboxylic acids is 1. The molecule has 0 fully saturated rings. The van der Waals surface area contributed by atoms with Crippen LogP contribution in [0.3, 0.4) is 0 Å². The quantitative estimate of drug-likeness (QED) is 0.739. The summed E-state index contributed by atoms with van der Waals surface area (Å²) in [6.45, 7) is 1.71. The average Bonchev–Trinajstić information content (AvgIpc) is 3.06. The van der Waals surface area contributed by atoms with E-state index in [9.17, 15) is 9.59 Å². The second-order valence-electron chi connectivity index (χ2n) is 4.40. The van der Waals surface area contributed by atoms with Crippen molar-refractivity contribution in [1.82, 2.24) is 15.1 Å². The highest BCUT2D eigenvalue weighted by molar-refractivity contribution is 7.20. The van der Waals surface area contributed by atoms with E-state index in [2.05, 4.69) is 15.1 Å². The SMILES string of the molecule is COC(=O)c1sc2nc(Cc3ccno3)[nH]c(=O)c2c1C. The molecule has 0 aromatic carbocycles. The Labute approximate surface area is 122 Å². The predicted octanol–water partition coefficient (Wildman–Crippen LogP) is 1.66. The smallest absolute Gasteiger partial charge is 0.348 e. The minimum atomic E-state index is -0.466. The van der Waals surface area contributed by atoms with Crippen LogP contribution in [0, 0.1) is 6.92 Å². The zero-order chi connectivity index (χ0) is 15.0. The molecule has 108 valence electrons. The Morgan fingerprint density at radius 3 is 3.00 bits per heavy atom. The van der Waals surface area contributed by atoms with Gasteiger partial charge in [-0.05, 0) is 12.5 Å². The van der Waals surface area contributed by atoms with Crippen molar-refractivity contribution in [2.45, 2.75) is 13.3 Å². The normalized spacial score (nSPS) is 11.0. The molecule has 8 heteroatoms. The topological polar surface area (TPSA) is 98.1 Å². The van der Waals surface area contributed by atoms with Gasteiger partial charge in [-0.25, -0.2) is 9.78 Å². The highest BCUT2D eigenvalue weighted by Crippen LogP contribution is 2.27. The first kappa shape index (κ1) is 13.5. The van der Waals surface area contributed by atoms with E-state index in [1.807, 2.05) is 0 Å². The summed E-state index contributed by atoms with van der Waals surface area (Å²) in [5.74, 6) is 0.590. The number of hydrogen-bond donors (Lipinski definition) is 1. The zero-order valence-corrected chi connectivity index (χ0v) is 12.1. The van der Waals surface area contributed by atoms with Crippen LogP contribution in [-0.4, -0.2) is 28.2 Å². The predicted molar refractivity (Wildman–Crippen MR) is 75.6 cm³/mol. The molecule has 0 aliphatic rings. The van der Waals surface area contributed by atoms with Crippen LogP contribution in [0.5, 0.6) is 0 Å². The van der Waals surface area contributed by atoms with Gasteiger partial charge in [-0.3, -0.25) is 4.79 Å². The molecule has 3 aromatic rings. The van der Waals surface area contributed by atoms with Gasteiger partial charge < -0.3 is 14.2 Å². The molecule has 7 nitrogen and oxygen atoms in total. The summed E-state index contributed by atoms with van der Waals surface area (Å²) in [6.07, 6.45) is 1.85. The van der Waals surface area contributed by atoms with Gasteiger partial charge in [0, 0.05) is 6.07 Å². The van der Waals surface area contributed by atoms with Gasteiger partial charge in [0.1, 0.15) is 21.3 Å². The highest BCUT2D eigenvalue weighted by atomic mass is 32.1. The fourth-order valence-electron chi connectivity index (χ4n) is 2.06. The number of aromatic amines is 1. The fourth-order valence-corrected chi connectivity index (χ4v) is 3.18. The molecule has 3 rings (SSSR count). The number of carbonyl (C=O) groups is 1. The molecule has 0 spiro atoms. The van der Waals surface area contributed by atoms with Crippen LogP contribution in [0.2, 0.25) is 0 Å². The van der Waals surface area contributed by atoms with Crippen molar-refractivity contribution >= 4 is 27.5 Å². The summed E-state index contributed by atoms with van der Waals surface area (Å²) in [5.41, 5.74) is 0.306. The monoisotopic (exact) mass is 305 g/mol. The lowest BCUT2D eigenvalue weighted by Crippen LogP contribution is -2.12. The Bertz CT molecular complexity index is 864. The Hall–Kier alpha value is -2.48. The van der Waals surface area contributed by atoms with Crippen LogP contribution in [0.15, 0.2) is 21.6 Å². The average molecular weight is 305 g/mol. The molecule has 0 amide bonds. The lowest BCUT2D eigenvalue weighted by Gasteiger charge is -1.98. The first-order valence-electron chi connectivity index (χ1n) is 6.10. The third-order valence-corrected chi connectivity index (χ3v) is 4.22. The van der Waals surface area contributed by atoms with E-state index in [0.29, 0.717) is 38.7 Å². The number of rotatable bonds is 3. The third-order valence-electron chi connectivity index (χ3n) is 3.05. The van der Waals surface area contributed by atoms with Crippen molar-refractivity contribution in [3.8, 4) is 0 Å². The lowest BCUT2D eigenvalue weighted by molar-refractivity contribution is 0.0605. The minimum absolute atomic E-state index is 0.279. The first-order valence-corrected chi connectivity index (χ1v) is 6.92. The van der Waals surface area contributed by atoms with E-state index in [-0.39, 0.29) is 5.56 Å². The number of ether oxygens (including phenoxy) is 1. The number of nitrogens with zero attached hydrogens (tertiary/aromatic N) is 2. The van der Waals surface area contributed by atoms with E-state index < -0.39 is 5.97 Å². The molecular formula is C13H11N3O4S. The Balaban J connectivity index is 2.11. The summed E-state index contributed by atoms with van der Waals surface area (Å²) in [5, 5.41) is 4.02. The number of H-pyrrole nitrogens is 1. The number of hydrogen-bond acceptors (Lipinski definition) is 7. The van der Waals surface area contributed by atoms with Crippen molar-refractivity contribution in [2.75, 3.05) is 7.11 Å². The van der Waals surface area contributed by atoms with Gasteiger partial charge in [0.05, 0.1) is 25.1 Å². The Kier molecular flexibility index (Phi) is 3.30. The maximum Gasteiger partial charge on any atom is 0.348 e. The summed E-state index contributed by atoms with van der Waals surface area (Å²) in [6, 6.07) is 1.70. The molecule has 0 bridgehead atoms. The number of aryl methyl sites for hydroxylation is 1. The van der Waals surface area contributed by atoms with E-state index in [1.54, 1.807) is 13.0 Å². The summed E-state index contributed by atoms with van der Waals surface area (Å²) in [7, 11) is 1.30. The van der Waals surface area contributed by atoms with Crippen LogP contribution in [0.25, 0.3) is 10.2 Å². The minimum Gasteiger partial charge on any atom is -0.465 e. The summed E-state index contributed by atoms with van der Waals surface area (Å²) >= 11 is 1.15. The van der Waals surface area contributed by atoms with Crippen LogP contribution in [0.4, 0.5) is 0 Å². The summed E-state index contributed by atoms with van der Waals surface area (Å²) in [4.78, 5) is 31.8. The molecule has 1 N–H and O–H groups in total.